The molecule has 0 saturated carbocycles. The molecule has 0 saturated heterocycles. The van der Waals surface area contributed by atoms with Crippen LogP contribution in [0.15, 0.2) is 30.3 Å². The highest BCUT2D eigenvalue weighted by atomic mass is 35.5. The molecule has 0 radical (unpaired) electrons. The molecule has 2 aromatic rings. The van der Waals surface area contributed by atoms with Crippen molar-refractivity contribution in [2.45, 2.75) is 25.8 Å². The molecular weight excluding hydrogens is 325 g/mol. The Hall–Kier alpha value is -0.740. The summed E-state index contributed by atoms with van der Waals surface area (Å²) in [5.41, 5.74) is 1.09. The number of halogens is 2. The van der Waals surface area contributed by atoms with Gasteiger partial charge < -0.3 is 10.1 Å². The fourth-order valence-corrected chi connectivity index (χ4v) is 3.56. The summed E-state index contributed by atoms with van der Waals surface area (Å²) in [5, 5.41) is 4.29. The number of benzene rings is 1. The molecule has 114 valence electrons. The summed E-state index contributed by atoms with van der Waals surface area (Å²) in [6, 6.07) is 9.91. The van der Waals surface area contributed by atoms with Gasteiger partial charge in [-0.25, -0.2) is 0 Å². The Bertz CT molecular complexity index is 585. The van der Waals surface area contributed by atoms with E-state index in [0.29, 0.717) is 0 Å². The number of methoxy groups -OCH3 is 1. The molecule has 0 fully saturated rings. The van der Waals surface area contributed by atoms with Crippen molar-refractivity contribution in [1.29, 1.82) is 0 Å². The van der Waals surface area contributed by atoms with Gasteiger partial charge >= 0.3 is 0 Å². The second kappa shape index (κ2) is 8.04. The van der Waals surface area contributed by atoms with E-state index in [1.165, 1.54) is 4.88 Å². The van der Waals surface area contributed by atoms with Crippen LogP contribution in [-0.4, -0.2) is 13.7 Å². The molecule has 5 heteroatoms. The Morgan fingerprint density at radius 3 is 2.67 bits per heavy atom. The Balaban J connectivity index is 2.28. The first-order valence-electron chi connectivity index (χ1n) is 6.95. The third-order valence-corrected chi connectivity index (χ3v) is 4.73. The van der Waals surface area contributed by atoms with Crippen LogP contribution in [0.5, 0.6) is 5.75 Å². The zero-order valence-corrected chi connectivity index (χ0v) is 14.5. The van der Waals surface area contributed by atoms with E-state index in [4.69, 9.17) is 27.9 Å². The van der Waals surface area contributed by atoms with Crippen LogP contribution in [-0.2, 0) is 6.42 Å². The normalized spacial score (nSPS) is 12.4. The predicted octanol–water partition coefficient (Wildman–Crippen LogP) is 5.35. The van der Waals surface area contributed by atoms with Crippen molar-refractivity contribution in [1.82, 2.24) is 5.32 Å². The Kier molecular flexibility index (Phi) is 6.37. The van der Waals surface area contributed by atoms with E-state index in [-0.39, 0.29) is 6.04 Å². The molecule has 1 aromatic carbocycles. The quantitative estimate of drug-likeness (QED) is 0.731. The molecule has 1 atom stereocenters. The minimum Gasteiger partial charge on any atom is -0.496 e. The molecule has 2 rings (SSSR count). The lowest BCUT2D eigenvalue weighted by Crippen LogP contribution is -2.24. The molecule has 0 amide bonds. The summed E-state index contributed by atoms with van der Waals surface area (Å²) < 4.78 is 6.30. The first-order valence-corrected chi connectivity index (χ1v) is 8.52. The lowest BCUT2D eigenvalue weighted by molar-refractivity contribution is 0.398. The fraction of sp³-hybridized carbons (Fsp3) is 0.375. The van der Waals surface area contributed by atoms with Crippen LogP contribution in [0.4, 0.5) is 0 Å². The number of nitrogens with one attached hydrogen (secondary N) is 1. The lowest BCUT2D eigenvalue weighted by Gasteiger charge is -2.21. The maximum Gasteiger partial charge on any atom is 0.123 e. The highest BCUT2D eigenvalue weighted by Gasteiger charge is 2.17. The zero-order chi connectivity index (χ0) is 15.2. The van der Waals surface area contributed by atoms with Crippen molar-refractivity contribution in [2.75, 3.05) is 13.7 Å². The van der Waals surface area contributed by atoms with E-state index >= 15 is 0 Å². The molecule has 1 unspecified atom stereocenters. The number of hydrogen-bond acceptors (Lipinski definition) is 3. The molecule has 0 bridgehead atoms. The molecular formula is C16H19Cl2NOS. The maximum atomic E-state index is 6.16. The monoisotopic (exact) mass is 343 g/mol. The Labute approximate surface area is 140 Å². The van der Waals surface area contributed by atoms with E-state index in [0.717, 1.165) is 40.1 Å². The number of rotatable bonds is 7. The number of thiophene rings is 1. The van der Waals surface area contributed by atoms with Gasteiger partial charge in [0.2, 0.25) is 0 Å². The van der Waals surface area contributed by atoms with Gasteiger partial charge in [0, 0.05) is 27.9 Å². The van der Waals surface area contributed by atoms with Gasteiger partial charge in [-0.3, -0.25) is 0 Å². The average Bonchev–Trinajstić information content (AvgIpc) is 2.88. The van der Waals surface area contributed by atoms with Crippen molar-refractivity contribution < 1.29 is 4.74 Å². The van der Waals surface area contributed by atoms with Crippen LogP contribution in [0.2, 0.25) is 9.36 Å². The van der Waals surface area contributed by atoms with Crippen LogP contribution in [0.25, 0.3) is 0 Å². The lowest BCUT2D eigenvalue weighted by atomic mass is 10.0. The molecule has 2 nitrogen and oxygen atoms in total. The summed E-state index contributed by atoms with van der Waals surface area (Å²) in [5.74, 6) is 0.857. The molecule has 0 aliphatic rings. The van der Waals surface area contributed by atoms with E-state index in [1.807, 2.05) is 24.3 Å². The third kappa shape index (κ3) is 4.62. The first-order chi connectivity index (χ1) is 10.1. The van der Waals surface area contributed by atoms with Crippen molar-refractivity contribution in [2.24, 2.45) is 0 Å². The van der Waals surface area contributed by atoms with Crippen molar-refractivity contribution >= 4 is 34.5 Å². The Morgan fingerprint density at radius 1 is 1.24 bits per heavy atom. The van der Waals surface area contributed by atoms with Crippen LogP contribution >= 0.6 is 34.5 Å². The summed E-state index contributed by atoms with van der Waals surface area (Å²) in [7, 11) is 1.69. The number of hydrogen-bond donors (Lipinski definition) is 1. The largest absolute Gasteiger partial charge is 0.496 e. The zero-order valence-electron chi connectivity index (χ0n) is 12.2. The van der Waals surface area contributed by atoms with Crippen molar-refractivity contribution in [3.8, 4) is 5.75 Å². The van der Waals surface area contributed by atoms with Crippen LogP contribution in [0, 0.1) is 0 Å². The van der Waals surface area contributed by atoms with Crippen LogP contribution in [0.1, 0.15) is 29.8 Å². The SMILES string of the molecule is CCCNC(Cc1ccc(Cl)s1)c1cc(Cl)ccc1OC. The topological polar surface area (TPSA) is 21.3 Å². The Morgan fingerprint density at radius 2 is 2.05 bits per heavy atom. The standard InChI is InChI=1S/C16H19Cl2NOS/c1-3-8-19-14(10-12-5-7-16(18)21-12)13-9-11(17)4-6-15(13)20-2/h4-7,9,14,19H,3,8,10H2,1-2H3. The molecule has 0 spiro atoms. The molecule has 1 aromatic heterocycles. The fourth-order valence-electron chi connectivity index (χ4n) is 2.25. The first kappa shape index (κ1) is 16.6. The van der Waals surface area contributed by atoms with Crippen LogP contribution < -0.4 is 10.1 Å². The van der Waals surface area contributed by atoms with Gasteiger partial charge in [-0.15, -0.1) is 11.3 Å². The third-order valence-electron chi connectivity index (χ3n) is 3.24. The maximum absolute atomic E-state index is 6.16. The second-order valence-electron chi connectivity index (χ2n) is 4.80. The van der Waals surface area contributed by atoms with Crippen molar-refractivity contribution in [3.63, 3.8) is 0 Å². The van der Waals surface area contributed by atoms with Gasteiger partial charge in [0.1, 0.15) is 5.75 Å². The van der Waals surface area contributed by atoms with E-state index in [1.54, 1.807) is 18.4 Å². The second-order valence-corrected chi connectivity index (χ2v) is 7.04. The summed E-state index contributed by atoms with van der Waals surface area (Å²) in [6.45, 7) is 3.10. The van der Waals surface area contributed by atoms with Gasteiger partial charge in [-0.05, 0) is 43.3 Å². The van der Waals surface area contributed by atoms with E-state index < -0.39 is 0 Å². The van der Waals surface area contributed by atoms with Gasteiger partial charge in [-0.2, -0.15) is 0 Å². The minimum atomic E-state index is 0.160. The molecule has 21 heavy (non-hydrogen) atoms. The highest BCUT2D eigenvalue weighted by Crippen LogP contribution is 2.32. The number of ether oxygens (including phenoxy) is 1. The summed E-state index contributed by atoms with van der Waals surface area (Å²) in [4.78, 5) is 1.25. The highest BCUT2D eigenvalue weighted by molar-refractivity contribution is 7.16. The van der Waals surface area contributed by atoms with Crippen molar-refractivity contribution in [3.05, 3.63) is 50.1 Å². The van der Waals surface area contributed by atoms with Gasteiger partial charge in [-0.1, -0.05) is 30.1 Å². The molecule has 1 heterocycles. The smallest absolute Gasteiger partial charge is 0.123 e. The summed E-state index contributed by atoms with van der Waals surface area (Å²) in [6.07, 6.45) is 1.94. The van der Waals surface area contributed by atoms with E-state index in [2.05, 4.69) is 18.3 Å². The van der Waals surface area contributed by atoms with Crippen LogP contribution in [0.3, 0.4) is 0 Å². The summed E-state index contributed by atoms with van der Waals surface area (Å²) >= 11 is 13.8. The van der Waals surface area contributed by atoms with E-state index in [9.17, 15) is 0 Å². The van der Waals surface area contributed by atoms with Gasteiger partial charge in [0.15, 0.2) is 0 Å². The van der Waals surface area contributed by atoms with Gasteiger partial charge in [0.25, 0.3) is 0 Å². The predicted molar refractivity (Wildman–Crippen MR) is 92.1 cm³/mol. The minimum absolute atomic E-state index is 0.160. The molecule has 1 N–H and O–H groups in total. The molecule has 0 aliphatic carbocycles. The van der Waals surface area contributed by atoms with Gasteiger partial charge in [0.05, 0.1) is 11.4 Å². The molecule has 0 aliphatic heterocycles. The average molecular weight is 344 g/mol.